The summed E-state index contributed by atoms with van der Waals surface area (Å²) >= 11 is 0. The highest BCUT2D eigenvalue weighted by molar-refractivity contribution is 5.81. The Hall–Kier alpha value is -1.31. The van der Waals surface area contributed by atoms with Crippen molar-refractivity contribution in [3.05, 3.63) is 28.8 Å². The zero-order valence-electron chi connectivity index (χ0n) is 12.1. The lowest BCUT2D eigenvalue weighted by Crippen LogP contribution is -2.31. The minimum Gasteiger partial charge on any atom is -0.496 e. The summed E-state index contributed by atoms with van der Waals surface area (Å²) in [5.74, 6) is 1.35. The van der Waals surface area contributed by atoms with E-state index in [1.807, 2.05) is 12.1 Å². The summed E-state index contributed by atoms with van der Waals surface area (Å²) in [5, 5.41) is 0. The van der Waals surface area contributed by atoms with Crippen LogP contribution in [-0.2, 0) is 10.8 Å². The first-order valence-corrected chi connectivity index (χ1v) is 6.45. The van der Waals surface area contributed by atoms with Crippen LogP contribution in [0.25, 0.3) is 0 Å². The van der Waals surface area contributed by atoms with Gasteiger partial charge in [-0.3, -0.25) is 4.79 Å². The maximum absolute atomic E-state index is 11.3. The SMILES string of the molecule is COc1ccc(C=O)c2c1C(C)(C)C(C)C2(C)C. The third-order valence-electron chi connectivity index (χ3n) is 5.00. The highest BCUT2D eigenvalue weighted by Gasteiger charge is 2.51. The molecule has 2 heteroatoms. The second-order valence-electron chi connectivity index (χ2n) is 6.39. The maximum atomic E-state index is 11.3. The van der Waals surface area contributed by atoms with Crippen molar-refractivity contribution in [2.45, 2.75) is 45.4 Å². The highest BCUT2D eigenvalue weighted by Crippen LogP contribution is 2.57. The molecule has 0 fully saturated rings. The molecule has 2 rings (SSSR count). The number of hydrogen-bond donors (Lipinski definition) is 0. The van der Waals surface area contributed by atoms with E-state index in [9.17, 15) is 4.79 Å². The maximum Gasteiger partial charge on any atom is 0.150 e. The lowest BCUT2D eigenvalue weighted by Gasteiger charge is -2.33. The Morgan fingerprint density at radius 3 is 2.17 bits per heavy atom. The molecule has 0 aliphatic heterocycles. The average Bonchev–Trinajstić information content (AvgIpc) is 2.48. The largest absolute Gasteiger partial charge is 0.496 e. The molecule has 1 aliphatic carbocycles. The van der Waals surface area contributed by atoms with Crippen molar-refractivity contribution < 1.29 is 9.53 Å². The van der Waals surface area contributed by atoms with Crippen LogP contribution in [0.2, 0.25) is 0 Å². The van der Waals surface area contributed by atoms with Gasteiger partial charge in [-0.25, -0.2) is 0 Å². The quantitative estimate of drug-likeness (QED) is 0.743. The number of benzene rings is 1. The van der Waals surface area contributed by atoms with E-state index in [-0.39, 0.29) is 10.8 Å². The summed E-state index contributed by atoms with van der Waals surface area (Å²) in [6, 6.07) is 3.79. The van der Waals surface area contributed by atoms with Crippen molar-refractivity contribution in [3.63, 3.8) is 0 Å². The normalized spacial score (nSPS) is 23.6. The first-order valence-electron chi connectivity index (χ1n) is 6.45. The molecule has 0 amide bonds. The smallest absolute Gasteiger partial charge is 0.150 e. The Balaban J connectivity index is 2.87. The molecule has 0 saturated carbocycles. The second kappa shape index (κ2) is 3.84. The van der Waals surface area contributed by atoms with E-state index < -0.39 is 0 Å². The second-order valence-corrected chi connectivity index (χ2v) is 6.39. The van der Waals surface area contributed by atoms with E-state index in [1.54, 1.807) is 7.11 Å². The molecule has 1 aromatic carbocycles. The molecule has 2 nitrogen and oxygen atoms in total. The van der Waals surface area contributed by atoms with Gasteiger partial charge in [-0.2, -0.15) is 0 Å². The van der Waals surface area contributed by atoms with Gasteiger partial charge in [0, 0.05) is 11.1 Å². The first-order chi connectivity index (χ1) is 8.28. The van der Waals surface area contributed by atoms with Gasteiger partial charge in [0.05, 0.1) is 7.11 Å². The minimum absolute atomic E-state index is 0.0103. The van der Waals surface area contributed by atoms with E-state index in [4.69, 9.17) is 4.74 Å². The molecular weight excluding hydrogens is 224 g/mol. The lowest BCUT2D eigenvalue weighted by atomic mass is 9.71. The molecule has 1 aromatic rings. The van der Waals surface area contributed by atoms with Gasteiger partial charge in [0.2, 0.25) is 0 Å². The van der Waals surface area contributed by atoms with Crippen LogP contribution in [0.4, 0.5) is 0 Å². The van der Waals surface area contributed by atoms with Crippen LogP contribution in [0, 0.1) is 5.92 Å². The van der Waals surface area contributed by atoms with Crippen LogP contribution in [-0.4, -0.2) is 13.4 Å². The van der Waals surface area contributed by atoms with Gasteiger partial charge in [-0.1, -0.05) is 34.6 Å². The number of ether oxygens (including phenoxy) is 1. The predicted molar refractivity (Wildman–Crippen MR) is 73.6 cm³/mol. The Bertz CT molecular complexity index is 498. The van der Waals surface area contributed by atoms with E-state index >= 15 is 0 Å². The van der Waals surface area contributed by atoms with Crippen LogP contribution < -0.4 is 4.74 Å². The van der Waals surface area contributed by atoms with Crippen LogP contribution in [0.15, 0.2) is 12.1 Å². The number of methoxy groups -OCH3 is 1. The van der Waals surface area contributed by atoms with Gasteiger partial charge < -0.3 is 4.74 Å². The number of fused-ring (bicyclic) bond motifs is 1. The van der Waals surface area contributed by atoms with Crippen molar-refractivity contribution in [2.24, 2.45) is 5.92 Å². The molecule has 0 saturated heterocycles. The summed E-state index contributed by atoms with van der Waals surface area (Å²) in [6.07, 6.45) is 0.966. The summed E-state index contributed by atoms with van der Waals surface area (Å²) in [5.41, 5.74) is 3.17. The van der Waals surface area contributed by atoms with Crippen molar-refractivity contribution in [1.82, 2.24) is 0 Å². The highest BCUT2D eigenvalue weighted by atomic mass is 16.5. The molecule has 0 aromatic heterocycles. The third kappa shape index (κ3) is 1.44. The van der Waals surface area contributed by atoms with Crippen LogP contribution >= 0.6 is 0 Å². The Labute approximate surface area is 109 Å². The van der Waals surface area contributed by atoms with Crippen molar-refractivity contribution >= 4 is 6.29 Å². The molecule has 0 heterocycles. The lowest BCUT2D eigenvalue weighted by molar-refractivity contribution is 0.112. The average molecular weight is 246 g/mol. The van der Waals surface area contributed by atoms with Gasteiger partial charge in [-0.05, 0) is 34.4 Å². The Morgan fingerprint density at radius 1 is 1.11 bits per heavy atom. The molecule has 18 heavy (non-hydrogen) atoms. The van der Waals surface area contributed by atoms with Gasteiger partial charge in [0.15, 0.2) is 0 Å². The zero-order valence-corrected chi connectivity index (χ0v) is 12.1. The van der Waals surface area contributed by atoms with Crippen LogP contribution in [0.3, 0.4) is 0 Å². The number of hydrogen-bond acceptors (Lipinski definition) is 2. The summed E-state index contributed by atoms with van der Waals surface area (Å²) in [6.45, 7) is 11.2. The van der Waals surface area contributed by atoms with Crippen molar-refractivity contribution in [1.29, 1.82) is 0 Å². The molecule has 98 valence electrons. The fourth-order valence-electron chi connectivity index (χ4n) is 3.54. The van der Waals surface area contributed by atoms with Crippen LogP contribution in [0.1, 0.15) is 56.1 Å². The van der Waals surface area contributed by atoms with Crippen molar-refractivity contribution in [3.8, 4) is 5.75 Å². The number of rotatable bonds is 2. The summed E-state index contributed by atoms with van der Waals surface area (Å²) in [7, 11) is 1.70. The molecule has 0 spiro atoms. The predicted octanol–water partition coefficient (Wildman–Crippen LogP) is 3.71. The Morgan fingerprint density at radius 2 is 1.67 bits per heavy atom. The Kier molecular flexibility index (Phi) is 2.80. The van der Waals surface area contributed by atoms with E-state index in [0.29, 0.717) is 5.92 Å². The molecule has 0 N–H and O–H groups in total. The van der Waals surface area contributed by atoms with Crippen LogP contribution in [0.5, 0.6) is 5.75 Å². The fraction of sp³-hybridized carbons (Fsp3) is 0.562. The summed E-state index contributed by atoms with van der Waals surface area (Å²) < 4.78 is 5.52. The molecule has 1 aliphatic rings. The summed E-state index contributed by atoms with van der Waals surface area (Å²) in [4.78, 5) is 11.3. The van der Waals surface area contributed by atoms with E-state index in [2.05, 4.69) is 34.6 Å². The third-order valence-corrected chi connectivity index (χ3v) is 5.00. The first kappa shape index (κ1) is 13.1. The topological polar surface area (TPSA) is 26.3 Å². The number of carbonyl (C=O) groups excluding carboxylic acids is 1. The zero-order chi connectivity index (χ0) is 13.7. The van der Waals surface area contributed by atoms with Gasteiger partial charge >= 0.3 is 0 Å². The standard InChI is InChI=1S/C16H22O2/c1-10-15(2,3)13-11(9-17)7-8-12(18-6)14(13)16(10,4)5/h7-10H,1-6H3. The molecular formula is C16H22O2. The molecule has 0 bridgehead atoms. The monoisotopic (exact) mass is 246 g/mol. The number of aldehydes is 1. The fourth-order valence-corrected chi connectivity index (χ4v) is 3.54. The minimum atomic E-state index is -0.0103. The van der Waals surface area contributed by atoms with E-state index in [0.717, 1.165) is 23.2 Å². The van der Waals surface area contributed by atoms with Crippen molar-refractivity contribution in [2.75, 3.05) is 7.11 Å². The number of carbonyl (C=O) groups is 1. The molecule has 1 unspecified atom stereocenters. The molecule has 1 atom stereocenters. The molecule has 0 radical (unpaired) electrons. The van der Waals surface area contributed by atoms with E-state index in [1.165, 1.54) is 5.56 Å². The van der Waals surface area contributed by atoms with Gasteiger partial charge in [-0.15, -0.1) is 0 Å². The van der Waals surface area contributed by atoms with Gasteiger partial charge in [0.1, 0.15) is 12.0 Å². The van der Waals surface area contributed by atoms with Gasteiger partial charge in [0.25, 0.3) is 0 Å².